The summed E-state index contributed by atoms with van der Waals surface area (Å²) in [6.45, 7) is 5.58. The molecule has 152 valence electrons. The minimum atomic E-state index is -0.0783. The van der Waals surface area contributed by atoms with Crippen molar-refractivity contribution < 1.29 is 14.3 Å². The number of pyridine rings is 1. The number of nitrogens with one attached hydrogen (secondary N) is 2. The molecule has 2 N–H and O–H groups in total. The summed E-state index contributed by atoms with van der Waals surface area (Å²) in [6, 6.07) is 5.53. The fourth-order valence-electron chi connectivity index (χ4n) is 2.19. The Morgan fingerprint density at radius 1 is 1.34 bits per heavy atom. The fourth-order valence-corrected chi connectivity index (χ4v) is 3.10. The molecule has 9 nitrogen and oxygen atoms in total. The molecule has 3 rings (SSSR count). The average molecular weight is 414 g/mol. The zero-order valence-electron chi connectivity index (χ0n) is 16.2. The summed E-state index contributed by atoms with van der Waals surface area (Å²) in [5.41, 5.74) is 1.91. The fraction of sp³-hybridized carbons (Fsp3) is 0.211. The molecule has 10 heteroatoms. The summed E-state index contributed by atoms with van der Waals surface area (Å²) >= 11 is 1.24. The highest BCUT2D eigenvalue weighted by Gasteiger charge is 2.19. The lowest BCUT2D eigenvalue weighted by molar-refractivity contribution is -0.105. The molecule has 0 spiro atoms. The summed E-state index contributed by atoms with van der Waals surface area (Å²) in [4.78, 5) is 19.3. The third-order valence-corrected chi connectivity index (χ3v) is 4.66. The zero-order chi connectivity index (χ0) is 21.1. The molecule has 0 radical (unpaired) electrons. The highest BCUT2D eigenvalue weighted by atomic mass is 32.1. The highest BCUT2D eigenvalue weighted by Crippen LogP contribution is 2.32. The maximum atomic E-state index is 10.5. The van der Waals surface area contributed by atoms with Crippen LogP contribution >= 0.6 is 11.3 Å². The highest BCUT2D eigenvalue weighted by molar-refractivity contribution is 7.17. The lowest BCUT2D eigenvalue weighted by atomic mass is 10.1. The van der Waals surface area contributed by atoms with Gasteiger partial charge in [-0.1, -0.05) is 17.9 Å². The van der Waals surface area contributed by atoms with Crippen molar-refractivity contribution in [2.75, 3.05) is 26.1 Å². The molecule has 3 aromatic heterocycles. The van der Waals surface area contributed by atoms with Gasteiger partial charge in [-0.2, -0.15) is 5.10 Å². The number of amides is 1. The number of rotatable bonds is 8. The number of carbonyl (C=O) groups is 1. The van der Waals surface area contributed by atoms with Crippen molar-refractivity contribution in [3.63, 3.8) is 0 Å². The zero-order valence-corrected chi connectivity index (χ0v) is 17.0. The van der Waals surface area contributed by atoms with E-state index in [-0.39, 0.29) is 5.90 Å². The van der Waals surface area contributed by atoms with E-state index in [1.165, 1.54) is 18.4 Å². The first-order chi connectivity index (χ1) is 14.1. The number of thiazole rings is 1. The second kappa shape index (κ2) is 11.5. The maximum absolute atomic E-state index is 10.5. The molecule has 0 saturated carbocycles. The normalized spacial score (nSPS) is 9.86. The van der Waals surface area contributed by atoms with Gasteiger partial charge in [0.1, 0.15) is 5.69 Å². The number of ether oxygens (including phenoxy) is 2. The number of hydrogen-bond acceptors (Lipinski definition) is 8. The summed E-state index contributed by atoms with van der Waals surface area (Å²) < 4.78 is 11.6. The van der Waals surface area contributed by atoms with Crippen LogP contribution in [0.1, 0.15) is 16.1 Å². The predicted octanol–water partition coefficient (Wildman–Crippen LogP) is 2.67. The van der Waals surface area contributed by atoms with Crippen molar-refractivity contribution in [2.24, 2.45) is 0 Å². The number of nitrogens with zero attached hydrogens (tertiary/aromatic N) is 4. The van der Waals surface area contributed by atoms with Gasteiger partial charge in [0.2, 0.25) is 12.3 Å². The van der Waals surface area contributed by atoms with Crippen LogP contribution in [0.15, 0.2) is 49.6 Å². The third-order valence-electron chi connectivity index (χ3n) is 3.62. The second-order valence-corrected chi connectivity index (χ2v) is 6.47. The lowest BCUT2D eigenvalue weighted by Crippen LogP contribution is -2.05. The van der Waals surface area contributed by atoms with E-state index in [9.17, 15) is 4.79 Å². The molecule has 3 aromatic rings. The molecule has 0 aliphatic heterocycles. The largest absolute Gasteiger partial charge is 0.480 e. The van der Waals surface area contributed by atoms with Gasteiger partial charge in [0, 0.05) is 31.9 Å². The van der Waals surface area contributed by atoms with Gasteiger partial charge in [0.15, 0.2) is 5.13 Å². The minimum absolute atomic E-state index is 0.0783. The van der Waals surface area contributed by atoms with Gasteiger partial charge in [-0.15, -0.1) is 0 Å². The molecular formula is C19H22N6O3S. The Morgan fingerprint density at radius 2 is 2.10 bits per heavy atom. The van der Waals surface area contributed by atoms with Crippen molar-refractivity contribution in [2.45, 2.75) is 6.54 Å². The van der Waals surface area contributed by atoms with Crippen LogP contribution in [0, 0.1) is 5.41 Å². The molecule has 0 fully saturated rings. The van der Waals surface area contributed by atoms with Gasteiger partial charge in [-0.25, -0.2) is 4.98 Å². The average Bonchev–Trinajstić information content (AvgIpc) is 3.42. The van der Waals surface area contributed by atoms with Crippen LogP contribution in [0.4, 0.5) is 5.13 Å². The number of aromatic nitrogens is 4. The van der Waals surface area contributed by atoms with Crippen LogP contribution in [-0.2, 0) is 20.8 Å². The number of hydrogen-bond donors (Lipinski definition) is 2. The van der Waals surface area contributed by atoms with Gasteiger partial charge in [-0.05, 0) is 29.3 Å². The Kier molecular flexibility index (Phi) is 8.67. The molecule has 0 saturated heterocycles. The number of methoxy groups -OCH3 is 2. The SMILES string of the molecule is C=C(c1ccncc1)c1sc(NC=O)nc1C(=N)OC.COCCn1cccn1. The minimum Gasteiger partial charge on any atom is -0.480 e. The van der Waals surface area contributed by atoms with Gasteiger partial charge in [0.25, 0.3) is 0 Å². The Labute approximate surface area is 172 Å². The monoisotopic (exact) mass is 414 g/mol. The van der Waals surface area contributed by atoms with Crippen LogP contribution in [0.25, 0.3) is 5.57 Å². The van der Waals surface area contributed by atoms with Crippen molar-refractivity contribution in [1.82, 2.24) is 19.7 Å². The van der Waals surface area contributed by atoms with E-state index in [1.54, 1.807) is 25.7 Å². The summed E-state index contributed by atoms with van der Waals surface area (Å²) in [6.07, 6.45) is 7.54. The van der Waals surface area contributed by atoms with E-state index in [4.69, 9.17) is 14.9 Å². The molecule has 0 atom stereocenters. The van der Waals surface area contributed by atoms with Gasteiger partial charge in [0.05, 0.1) is 25.1 Å². The summed E-state index contributed by atoms with van der Waals surface area (Å²) in [7, 11) is 3.08. The van der Waals surface area contributed by atoms with Crippen LogP contribution in [0.3, 0.4) is 0 Å². The Morgan fingerprint density at radius 3 is 2.69 bits per heavy atom. The van der Waals surface area contributed by atoms with Crippen LogP contribution in [0.2, 0.25) is 0 Å². The maximum Gasteiger partial charge on any atom is 0.233 e. The van der Waals surface area contributed by atoms with Crippen molar-refractivity contribution in [3.05, 3.63) is 65.7 Å². The van der Waals surface area contributed by atoms with Gasteiger partial charge in [-0.3, -0.25) is 19.9 Å². The molecule has 29 heavy (non-hydrogen) atoms. The first kappa shape index (κ1) is 21.9. The number of anilines is 1. The topological polar surface area (TPSA) is 115 Å². The van der Waals surface area contributed by atoms with Gasteiger partial charge < -0.3 is 14.8 Å². The van der Waals surface area contributed by atoms with Crippen molar-refractivity contribution >= 4 is 34.3 Å². The smallest absolute Gasteiger partial charge is 0.233 e. The van der Waals surface area contributed by atoms with Crippen molar-refractivity contribution in [3.8, 4) is 0 Å². The van der Waals surface area contributed by atoms with E-state index >= 15 is 0 Å². The Balaban J connectivity index is 0.000000278. The molecule has 1 amide bonds. The summed E-state index contributed by atoms with van der Waals surface area (Å²) in [5, 5.41) is 14.6. The first-order valence-electron chi connectivity index (χ1n) is 8.50. The molecule has 0 aromatic carbocycles. The van der Waals surface area contributed by atoms with E-state index in [1.807, 2.05) is 29.1 Å². The molecule has 0 aliphatic rings. The number of carbonyl (C=O) groups excluding carboxylic acids is 1. The third kappa shape index (κ3) is 6.33. The van der Waals surface area contributed by atoms with E-state index < -0.39 is 0 Å². The molecule has 3 heterocycles. The molecule has 0 bridgehead atoms. The van der Waals surface area contributed by atoms with E-state index in [0.717, 1.165) is 18.7 Å². The molecular weight excluding hydrogens is 392 g/mol. The predicted molar refractivity (Wildman–Crippen MR) is 112 cm³/mol. The standard InChI is InChI=1S/C13H12N4O2S.C6H10N2O/c1-8(9-3-5-15-6-4-9)11-10(12(14)19-2)17-13(20-11)16-7-18;1-9-6-5-8-4-2-3-7-8/h3-7,14H,1H2,2H3,(H,16,17,18);2-4H,5-6H2,1H3. The van der Waals surface area contributed by atoms with Crippen LogP contribution in [-0.4, -0.2) is 52.9 Å². The van der Waals surface area contributed by atoms with Crippen molar-refractivity contribution in [1.29, 1.82) is 5.41 Å². The van der Waals surface area contributed by atoms with Crippen LogP contribution < -0.4 is 5.32 Å². The van der Waals surface area contributed by atoms with E-state index in [0.29, 0.717) is 27.7 Å². The van der Waals surface area contributed by atoms with Gasteiger partial charge >= 0.3 is 0 Å². The van der Waals surface area contributed by atoms with Crippen LogP contribution in [0.5, 0.6) is 0 Å². The summed E-state index contributed by atoms with van der Waals surface area (Å²) in [5.74, 6) is -0.0783. The first-order valence-corrected chi connectivity index (χ1v) is 9.32. The molecule has 0 aliphatic carbocycles. The molecule has 0 unspecified atom stereocenters. The Hall–Kier alpha value is -3.37. The Bertz CT molecular complexity index is 925. The second-order valence-electron chi connectivity index (χ2n) is 5.47. The lowest BCUT2D eigenvalue weighted by Gasteiger charge is -2.05. The quantitative estimate of drug-likeness (QED) is 0.333. The van der Waals surface area contributed by atoms with E-state index in [2.05, 4.69) is 27.0 Å².